The summed E-state index contributed by atoms with van der Waals surface area (Å²) in [5.74, 6) is 0.235. The van der Waals surface area contributed by atoms with Gasteiger partial charge in [0.1, 0.15) is 35.9 Å². The van der Waals surface area contributed by atoms with Crippen LogP contribution in [0.3, 0.4) is 0 Å². The molecule has 0 saturated carbocycles. The molecule has 1 saturated heterocycles. The van der Waals surface area contributed by atoms with Crippen molar-refractivity contribution in [3.63, 3.8) is 0 Å². The molecule has 168 valence electrons. The topological polar surface area (TPSA) is 138 Å². The van der Waals surface area contributed by atoms with Crippen LogP contribution < -0.4 is 14.8 Å². The monoisotopic (exact) mass is 453 g/mol. The maximum atomic E-state index is 12.7. The first-order valence-corrected chi connectivity index (χ1v) is 9.89. The summed E-state index contributed by atoms with van der Waals surface area (Å²) < 4.78 is 16.1. The van der Waals surface area contributed by atoms with E-state index in [0.717, 1.165) is 5.56 Å². The van der Waals surface area contributed by atoms with Crippen molar-refractivity contribution in [3.8, 4) is 11.5 Å². The van der Waals surface area contributed by atoms with E-state index >= 15 is 0 Å². The van der Waals surface area contributed by atoms with Crippen molar-refractivity contribution in [1.29, 1.82) is 0 Å². The van der Waals surface area contributed by atoms with Gasteiger partial charge < -0.3 is 40.0 Å². The van der Waals surface area contributed by atoms with Gasteiger partial charge in [-0.2, -0.15) is 0 Å². The Bertz CT molecular complexity index is 891. The molecule has 5 N–H and O–H groups in total. The quantitative estimate of drug-likeness (QED) is 0.407. The number of aliphatic hydroxyl groups is 4. The van der Waals surface area contributed by atoms with E-state index in [9.17, 15) is 25.2 Å². The van der Waals surface area contributed by atoms with Crippen molar-refractivity contribution in [2.75, 3.05) is 13.7 Å². The lowest BCUT2D eigenvalue weighted by molar-refractivity contribution is -0.277. The minimum absolute atomic E-state index is 0.00376. The van der Waals surface area contributed by atoms with Crippen LogP contribution in [0.15, 0.2) is 42.5 Å². The fourth-order valence-corrected chi connectivity index (χ4v) is 3.25. The standard InChI is InChI=1S/C21H24ClNO8/c1-29-13-5-2-11(3-6-13)9-23-20(28)14-7-4-12(22)8-15(14)30-21-19(27)18(26)17(25)16(10-24)31-21/h2-8,16-19,21,24-27H,9-10H2,1H3,(H,23,28)/t16-,17-,18+,19-,21-/m1/s1. The highest BCUT2D eigenvalue weighted by Gasteiger charge is 2.45. The summed E-state index contributed by atoms with van der Waals surface area (Å²) >= 11 is 6.03. The predicted molar refractivity (Wildman–Crippen MR) is 110 cm³/mol. The van der Waals surface area contributed by atoms with Crippen LogP contribution in [0.5, 0.6) is 11.5 Å². The number of aliphatic hydroxyl groups excluding tert-OH is 4. The Morgan fingerprint density at radius 3 is 2.45 bits per heavy atom. The van der Waals surface area contributed by atoms with E-state index in [1.54, 1.807) is 19.2 Å². The van der Waals surface area contributed by atoms with Crippen LogP contribution in [0.4, 0.5) is 0 Å². The molecule has 0 spiro atoms. The molecular formula is C21H24ClNO8. The fourth-order valence-electron chi connectivity index (χ4n) is 3.09. The molecular weight excluding hydrogens is 430 g/mol. The minimum Gasteiger partial charge on any atom is -0.497 e. The highest BCUT2D eigenvalue weighted by Crippen LogP contribution is 2.29. The largest absolute Gasteiger partial charge is 0.497 e. The molecule has 0 aromatic heterocycles. The number of carbonyl (C=O) groups is 1. The molecule has 1 heterocycles. The summed E-state index contributed by atoms with van der Waals surface area (Å²) in [6.07, 6.45) is -7.34. The molecule has 1 fully saturated rings. The molecule has 5 atom stereocenters. The molecule has 1 aliphatic heterocycles. The first-order valence-electron chi connectivity index (χ1n) is 9.52. The maximum Gasteiger partial charge on any atom is 0.255 e. The van der Waals surface area contributed by atoms with Gasteiger partial charge >= 0.3 is 0 Å². The van der Waals surface area contributed by atoms with Gasteiger partial charge in [-0.05, 0) is 35.9 Å². The molecule has 1 amide bonds. The van der Waals surface area contributed by atoms with E-state index in [2.05, 4.69) is 5.32 Å². The number of benzene rings is 2. The summed E-state index contributed by atoms with van der Waals surface area (Å²) in [5.41, 5.74) is 0.967. The molecule has 2 aromatic rings. The molecule has 3 rings (SSSR count). The lowest BCUT2D eigenvalue weighted by Gasteiger charge is -2.39. The van der Waals surface area contributed by atoms with Crippen LogP contribution in [0.2, 0.25) is 5.02 Å². The van der Waals surface area contributed by atoms with Crippen LogP contribution in [-0.2, 0) is 11.3 Å². The molecule has 10 heteroatoms. The number of hydrogen-bond donors (Lipinski definition) is 5. The zero-order valence-corrected chi connectivity index (χ0v) is 17.4. The second-order valence-electron chi connectivity index (χ2n) is 6.99. The molecule has 0 unspecified atom stereocenters. The van der Waals surface area contributed by atoms with E-state index in [4.69, 9.17) is 25.8 Å². The number of nitrogens with one attached hydrogen (secondary N) is 1. The summed E-state index contributed by atoms with van der Waals surface area (Å²) in [6.45, 7) is -0.361. The first-order chi connectivity index (χ1) is 14.8. The Morgan fingerprint density at radius 2 is 1.81 bits per heavy atom. The van der Waals surface area contributed by atoms with Gasteiger partial charge in [0.25, 0.3) is 5.91 Å². The van der Waals surface area contributed by atoms with Crippen LogP contribution in [-0.4, -0.2) is 70.8 Å². The summed E-state index contributed by atoms with van der Waals surface area (Å²) in [6, 6.07) is 11.5. The van der Waals surface area contributed by atoms with Gasteiger partial charge in [0, 0.05) is 11.6 Å². The molecule has 0 aliphatic carbocycles. The number of halogens is 1. The average Bonchev–Trinajstić information content (AvgIpc) is 2.78. The zero-order chi connectivity index (χ0) is 22.5. The fraction of sp³-hybridized carbons (Fsp3) is 0.381. The summed E-state index contributed by atoms with van der Waals surface area (Å²) in [5, 5.41) is 42.4. The smallest absolute Gasteiger partial charge is 0.255 e. The van der Waals surface area contributed by atoms with E-state index in [-0.39, 0.29) is 22.9 Å². The molecule has 9 nitrogen and oxygen atoms in total. The second kappa shape index (κ2) is 10.3. The Hall–Kier alpha value is -2.40. The number of carbonyl (C=O) groups excluding carboxylic acids is 1. The van der Waals surface area contributed by atoms with Crippen molar-refractivity contribution in [2.24, 2.45) is 0 Å². The van der Waals surface area contributed by atoms with Crippen molar-refractivity contribution >= 4 is 17.5 Å². The van der Waals surface area contributed by atoms with Crippen molar-refractivity contribution in [3.05, 3.63) is 58.6 Å². The Kier molecular flexibility index (Phi) is 7.71. The highest BCUT2D eigenvalue weighted by molar-refractivity contribution is 6.30. The Balaban J connectivity index is 1.74. The molecule has 0 radical (unpaired) electrons. The van der Waals surface area contributed by atoms with Gasteiger partial charge in [0.05, 0.1) is 19.3 Å². The normalized spacial score (nSPS) is 25.7. The number of methoxy groups -OCH3 is 1. The van der Waals surface area contributed by atoms with Crippen LogP contribution in [0, 0.1) is 0 Å². The number of hydrogen-bond acceptors (Lipinski definition) is 8. The molecule has 1 aliphatic rings. The molecule has 31 heavy (non-hydrogen) atoms. The number of amides is 1. The van der Waals surface area contributed by atoms with Crippen LogP contribution in [0.25, 0.3) is 0 Å². The van der Waals surface area contributed by atoms with Crippen molar-refractivity contribution < 1.29 is 39.4 Å². The predicted octanol–water partition coefficient (Wildman–Crippen LogP) is 0.457. The Labute approximate surface area is 183 Å². The lowest BCUT2D eigenvalue weighted by atomic mass is 9.99. The third-order valence-corrected chi connectivity index (χ3v) is 5.13. The van der Waals surface area contributed by atoms with E-state index in [1.807, 2.05) is 12.1 Å². The van der Waals surface area contributed by atoms with E-state index in [0.29, 0.717) is 5.75 Å². The maximum absolute atomic E-state index is 12.7. The van der Waals surface area contributed by atoms with Gasteiger partial charge in [-0.1, -0.05) is 23.7 Å². The van der Waals surface area contributed by atoms with Crippen LogP contribution in [0.1, 0.15) is 15.9 Å². The lowest BCUT2D eigenvalue weighted by Crippen LogP contribution is -2.60. The molecule has 0 bridgehead atoms. The highest BCUT2D eigenvalue weighted by atomic mass is 35.5. The van der Waals surface area contributed by atoms with Crippen molar-refractivity contribution in [2.45, 2.75) is 37.3 Å². The number of rotatable bonds is 7. The summed E-state index contributed by atoms with van der Waals surface area (Å²) in [4.78, 5) is 12.7. The summed E-state index contributed by atoms with van der Waals surface area (Å²) in [7, 11) is 1.56. The van der Waals surface area contributed by atoms with Crippen molar-refractivity contribution in [1.82, 2.24) is 5.32 Å². The Morgan fingerprint density at radius 1 is 1.10 bits per heavy atom. The number of ether oxygens (including phenoxy) is 3. The average molecular weight is 454 g/mol. The van der Waals surface area contributed by atoms with Gasteiger partial charge in [-0.25, -0.2) is 0 Å². The zero-order valence-electron chi connectivity index (χ0n) is 16.6. The van der Waals surface area contributed by atoms with Gasteiger partial charge in [-0.15, -0.1) is 0 Å². The molecule has 2 aromatic carbocycles. The second-order valence-corrected chi connectivity index (χ2v) is 7.42. The SMILES string of the molecule is COc1ccc(CNC(=O)c2ccc(Cl)cc2O[C@@H]2O[C@H](CO)[C@@H](O)[C@H](O)[C@H]2O)cc1. The van der Waals surface area contributed by atoms with Gasteiger partial charge in [0.2, 0.25) is 6.29 Å². The third-order valence-electron chi connectivity index (χ3n) is 4.89. The van der Waals surface area contributed by atoms with Gasteiger partial charge in [-0.3, -0.25) is 4.79 Å². The third kappa shape index (κ3) is 5.45. The first kappa shape index (κ1) is 23.3. The van der Waals surface area contributed by atoms with E-state index in [1.165, 1.54) is 18.2 Å². The minimum atomic E-state index is -1.62. The van der Waals surface area contributed by atoms with Crippen LogP contribution >= 0.6 is 11.6 Å². The van der Waals surface area contributed by atoms with Gasteiger partial charge in [0.15, 0.2) is 0 Å². The van der Waals surface area contributed by atoms with E-state index < -0.39 is 43.2 Å².